The zero-order chi connectivity index (χ0) is 20.2. The number of aliphatic hydroxyl groups is 1. The lowest BCUT2D eigenvalue weighted by Gasteiger charge is -2.54. The van der Waals surface area contributed by atoms with E-state index in [0.717, 1.165) is 44.9 Å². The summed E-state index contributed by atoms with van der Waals surface area (Å²) >= 11 is 0. The molecule has 0 aliphatic heterocycles. The summed E-state index contributed by atoms with van der Waals surface area (Å²) in [6.07, 6.45) is 13.3. The van der Waals surface area contributed by atoms with Crippen LogP contribution >= 0.6 is 0 Å². The lowest BCUT2D eigenvalue weighted by Crippen LogP contribution is -2.48. The van der Waals surface area contributed by atoms with Gasteiger partial charge in [-0.15, -0.1) is 0 Å². The van der Waals surface area contributed by atoms with Crippen molar-refractivity contribution in [2.45, 2.75) is 112 Å². The first kappa shape index (κ1) is 22.7. The highest BCUT2D eigenvalue weighted by Gasteiger charge is 2.54. The van der Waals surface area contributed by atoms with Gasteiger partial charge in [-0.2, -0.15) is 0 Å². The van der Waals surface area contributed by atoms with E-state index in [2.05, 4.69) is 19.9 Å². The fourth-order valence-corrected chi connectivity index (χ4v) is 6.75. The molecule has 3 saturated carbocycles. The summed E-state index contributed by atoms with van der Waals surface area (Å²) in [5, 5.41) is 10.1. The lowest BCUT2D eigenvalue weighted by atomic mass is 9.50. The number of fused-ring (bicyclic) bond motifs is 5. The Bertz CT molecular complexity index is 536. The van der Waals surface area contributed by atoms with E-state index in [1.54, 1.807) is 5.57 Å². The summed E-state index contributed by atoms with van der Waals surface area (Å²) in [4.78, 5) is 12.7. The number of hydrogen-bond acceptors (Lipinski definition) is 2. The predicted octanol–water partition coefficient (Wildman–Crippen LogP) is 6.71. The highest BCUT2D eigenvalue weighted by molar-refractivity contribution is 5.85. The molecule has 6 unspecified atom stereocenters. The largest absolute Gasteiger partial charge is 0.393 e. The van der Waals surface area contributed by atoms with E-state index in [4.69, 9.17) is 0 Å². The van der Waals surface area contributed by atoms with Gasteiger partial charge in [0.15, 0.2) is 0 Å². The lowest BCUT2D eigenvalue weighted by molar-refractivity contribution is -0.136. The molecule has 0 heterocycles. The minimum Gasteiger partial charge on any atom is -0.393 e. The van der Waals surface area contributed by atoms with E-state index < -0.39 is 0 Å². The maximum atomic E-state index is 12.7. The number of hydrogen-bond donors (Lipinski definition) is 1. The molecule has 0 amide bonds. The molecule has 27 heavy (non-hydrogen) atoms. The monoisotopic (exact) mass is 376 g/mol. The van der Waals surface area contributed by atoms with Crippen LogP contribution in [0.5, 0.6) is 0 Å². The smallest absolute Gasteiger partial charge is 0.139 e. The van der Waals surface area contributed by atoms with Crippen LogP contribution in [-0.4, -0.2) is 17.0 Å². The Kier molecular flexibility index (Phi) is 7.76. The second kappa shape index (κ2) is 9.25. The summed E-state index contributed by atoms with van der Waals surface area (Å²) < 4.78 is 0. The quantitative estimate of drug-likeness (QED) is 0.477. The third-order valence-electron chi connectivity index (χ3n) is 8.23. The summed E-state index contributed by atoms with van der Waals surface area (Å²) in [7, 11) is 0. The number of aliphatic hydroxyl groups excluding tert-OH is 1. The average molecular weight is 377 g/mol. The highest BCUT2D eigenvalue weighted by atomic mass is 16.3. The number of carbonyl (C=O) groups excluding carboxylic acids is 1. The van der Waals surface area contributed by atoms with Gasteiger partial charge in [-0.3, -0.25) is 4.79 Å². The molecule has 2 heteroatoms. The second-order valence-corrected chi connectivity index (χ2v) is 9.26. The van der Waals surface area contributed by atoms with Gasteiger partial charge in [0, 0.05) is 11.8 Å². The zero-order valence-corrected chi connectivity index (χ0v) is 18.8. The molecule has 0 aromatic rings. The highest BCUT2D eigenvalue weighted by Crippen LogP contribution is 2.61. The van der Waals surface area contributed by atoms with Gasteiger partial charge in [-0.25, -0.2) is 0 Å². The van der Waals surface area contributed by atoms with Crippen molar-refractivity contribution in [2.75, 3.05) is 0 Å². The van der Waals surface area contributed by atoms with Gasteiger partial charge in [0.25, 0.3) is 0 Å². The van der Waals surface area contributed by atoms with Crippen molar-refractivity contribution in [1.82, 2.24) is 0 Å². The molecule has 3 fully saturated rings. The SMILES string of the molecule is CC.CC.CC12CCC(O)CC1CCC1C2=CCCC2(C)C(=O)CCCC12. The second-order valence-electron chi connectivity index (χ2n) is 9.26. The van der Waals surface area contributed by atoms with E-state index in [1.807, 2.05) is 27.7 Å². The molecule has 6 atom stereocenters. The van der Waals surface area contributed by atoms with Crippen LogP contribution in [0.3, 0.4) is 0 Å². The summed E-state index contributed by atoms with van der Waals surface area (Å²) in [6, 6.07) is 0. The van der Waals surface area contributed by atoms with Crippen molar-refractivity contribution in [2.24, 2.45) is 28.6 Å². The van der Waals surface area contributed by atoms with Crippen LogP contribution in [0.25, 0.3) is 0 Å². The van der Waals surface area contributed by atoms with Crippen molar-refractivity contribution in [3.05, 3.63) is 11.6 Å². The maximum Gasteiger partial charge on any atom is 0.139 e. The first-order valence-corrected chi connectivity index (χ1v) is 11.9. The molecular formula is C25H44O2. The third-order valence-corrected chi connectivity index (χ3v) is 8.23. The summed E-state index contributed by atoms with van der Waals surface area (Å²) in [5.74, 6) is 2.39. The molecule has 4 aliphatic carbocycles. The normalized spacial score (nSPS) is 43.2. The van der Waals surface area contributed by atoms with E-state index in [9.17, 15) is 9.90 Å². The molecule has 2 nitrogen and oxygen atoms in total. The molecule has 4 rings (SSSR count). The van der Waals surface area contributed by atoms with Crippen LogP contribution in [0.2, 0.25) is 0 Å². The molecule has 0 radical (unpaired) electrons. The Labute approximate surface area is 168 Å². The summed E-state index contributed by atoms with van der Waals surface area (Å²) in [6.45, 7) is 12.7. The molecule has 0 aromatic heterocycles. The van der Waals surface area contributed by atoms with E-state index >= 15 is 0 Å². The van der Waals surface area contributed by atoms with Crippen molar-refractivity contribution < 1.29 is 9.90 Å². The van der Waals surface area contributed by atoms with Crippen LogP contribution < -0.4 is 0 Å². The molecule has 0 spiro atoms. The average Bonchev–Trinajstić information content (AvgIpc) is 2.84. The molecule has 0 aromatic carbocycles. The van der Waals surface area contributed by atoms with Gasteiger partial charge in [0.05, 0.1) is 6.10 Å². The third kappa shape index (κ3) is 3.93. The number of carbonyl (C=O) groups is 1. The zero-order valence-electron chi connectivity index (χ0n) is 18.8. The Morgan fingerprint density at radius 1 is 0.963 bits per heavy atom. The minimum absolute atomic E-state index is 0.0709. The molecule has 0 saturated heterocycles. The van der Waals surface area contributed by atoms with E-state index in [1.165, 1.54) is 19.3 Å². The van der Waals surface area contributed by atoms with Gasteiger partial charge in [-0.1, -0.05) is 53.2 Å². The number of Topliss-reactive ketones (excluding diaryl/α,β-unsaturated/α-hetero) is 1. The molecule has 0 bridgehead atoms. The van der Waals surface area contributed by atoms with Crippen LogP contribution in [-0.2, 0) is 4.79 Å². The minimum atomic E-state index is -0.0856. The van der Waals surface area contributed by atoms with E-state index in [-0.39, 0.29) is 16.9 Å². The molecular weight excluding hydrogens is 332 g/mol. The Hall–Kier alpha value is -0.630. The van der Waals surface area contributed by atoms with Gasteiger partial charge < -0.3 is 5.11 Å². The standard InChI is InChI=1S/C21H32O2.2C2H6/c1-20-12-10-15(22)13-14(20)8-9-16-17(20)6-4-11-21(2)18(16)5-3-7-19(21)23;2*1-2/h6,14-16,18,22H,3-5,7-13H2,1-2H3;2*1-2H3. The van der Waals surface area contributed by atoms with Crippen LogP contribution in [0.15, 0.2) is 11.6 Å². The first-order chi connectivity index (χ1) is 12.9. The van der Waals surface area contributed by atoms with E-state index in [0.29, 0.717) is 23.5 Å². The fraction of sp³-hybridized carbons (Fsp3) is 0.880. The Balaban J connectivity index is 0.000000614. The van der Waals surface area contributed by atoms with Gasteiger partial charge in [0.1, 0.15) is 5.78 Å². The predicted molar refractivity (Wildman–Crippen MR) is 115 cm³/mol. The van der Waals surface area contributed by atoms with Crippen LogP contribution in [0.1, 0.15) is 106 Å². The van der Waals surface area contributed by atoms with Crippen LogP contribution in [0, 0.1) is 28.6 Å². The van der Waals surface area contributed by atoms with Crippen molar-refractivity contribution >= 4 is 5.78 Å². The Morgan fingerprint density at radius 3 is 2.37 bits per heavy atom. The van der Waals surface area contributed by atoms with Crippen molar-refractivity contribution in [3.63, 3.8) is 0 Å². The molecule has 4 aliphatic rings. The number of allylic oxidation sites excluding steroid dienone is 2. The van der Waals surface area contributed by atoms with Crippen molar-refractivity contribution in [1.29, 1.82) is 0 Å². The van der Waals surface area contributed by atoms with Gasteiger partial charge in [-0.05, 0) is 81.0 Å². The number of rotatable bonds is 0. The number of ketones is 1. The van der Waals surface area contributed by atoms with Gasteiger partial charge in [0.2, 0.25) is 0 Å². The first-order valence-electron chi connectivity index (χ1n) is 11.9. The van der Waals surface area contributed by atoms with Gasteiger partial charge >= 0.3 is 0 Å². The topological polar surface area (TPSA) is 37.3 Å². The van der Waals surface area contributed by atoms with Crippen LogP contribution in [0.4, 0.5) is 0 Å². The molecule has 156 valence electrons. The fourth-order valence-electron chi connectivity index (χ4n) is 6.75. The van der Waals surface area contributed by atoms with Crippen molar-refractivity contribution in [3.8, 4) is 0 Å². The summed E-state index contributed by atoms with van der Waals surface area (Å²) in [5.41, 5.74) is 1.90. The Morgan fingerprint density at radius 2 is 1.67 bits per heavy atom. The molecule has 1 N–H and O–H groups in total. The maximum absolute atomic E-state index is 12.7.